The van der Waals surface area contributed by atoms with E-state index in [9.17, 15) is 13.2 Å². The molecule has 0 aromatic heterocycles. The Balaban J connectivity index is 1.78. The van der Waals surface area contributed by atoms with E-state index in [4.69, 9.17) is 4.74 Å². The quantitative estimate of drug-likeness (QED) is 0.831. The van der Waals surface area contributed by atoms with Crippen molar-refractivity contribution in [3.63, 3.8) is 0 Å². The number of alkyl halides is 3. The predicted molar refractivity (Wildman–Crippen MR) is 75.0 cm³/mol. The summed E-state index contributed by atoms with van der Waals surface area (Å²) in [6.07, 6.45) is -4.26. The molecule has 0 spiro atoms. The molecule has 1 aliphatic rings. The lowest BCUT2D eigenvalue weighted by Gasteiger charge is -2.28. The van der Waals surface area contributed by atoms with Gasteiger partial charge in [0.25, 0.3) is 0 Å². The van der Waals surface area contributed by atoms with Crippen molar-refractivity contribution < 1.29 is 17.9 Å². The Morgan fingerprint density at radius 1 is 1.14 bits per heavy atom. The Labute approximate surface area is 123 Å². The highest BCUT2D eigenvalue weighted by atomic mass is 19.4. The smallest absolute Gasteiger partial charge is 0.379 e. The highest BCUT2D eigenvalue weighted by Gasteiger charge is 2.29. The fraction of sp³-hybridized carbons (Fsp3) is 0.600. The van der Waals surface area contributed by atoms with Gasteiger partial charge in [-0.1, -0.05) is 12.1 Å². The summed E-state index contributed by atoms with van der Waals surface area (Å²) < 4.78 is 42.7. The maximum absolute atomic E-state index is 12.5. The molecule has 3 nitrogen and oxygen atoms in total. The minimum atomic E-state index is -4.26. The Kier molecular flexibility index (Phi) is 5.61. The van der Waals surface area contributed by atoms with Crippen LogP contribution in [0.1, 0.15) is 11.1 Å². The third-order valence-electron chi connectivity index (χ3n) is 3.64. The molecule has 1 heterocycles. The second-order valence-electron chi connectivity index (χ2n) is 5.39. The molecule has 0 unspecified atom stereocenters. The highest BCUT2D eigenvalue weighted by molar-refractivity contribution is 5.24. The van der Waals surface area contributed by atoms with Gasteiger partial charge in [0.2, 0.25) is 0 Å². The number of likely N-dealkylation sites (N-methyl/N-ethyl adjacent to an activating group) is 1. The van der Waals surface area contributed by atoms with Gasteiger partial charge < -0.3 is 9.64 Å². The number of hydrogen-bond acceptors (Lipinski definition) is 3. The third-order valence-corrected chi connectivity index (χ3v) is 3.64. The van der Waals surface area contributed by atoms with Crippen LogP contribution in [0.15, 0.2) is 24.3 Å². The van der Waals surface area contributed by atoms with Crippen LogP contribution in [-0.2, 0) is 17.5 Å². The molecular weight excluding hydrogens is 281 g/mol. The maximum atomic E-state index is 12.5. The van der Waals surface area contributed by atoms with Crippen LogP contribution in [0.3, 0.4) is 0 Å². The van der Waals surface area contributed by atoms with Gasteiger partial charge in [0.15, 0.2) is 0 Å². The van der Waals surface area contributed by atoms with Crippen molar-refractivity contribution in [1.82, 2.24) is 9.80 Å². The molecule has 1 saturated heterocycles. The number of nitrogens with zero attached hydrogens (tertiary/aromatic N) is 2. The van der Waals surface area contributed by atoms with Crippen LogP contribution in [0.5, 0.6) is 0 Å². The third kappa shape index (κ3) is 5.30. The molecule has 0 aliphatic carbocycles. The van der Waals surface area contributed by atoms with E-state index in [1.165, 1.54) is 0 Å². The molecule has 0 radical (unpaired) electrons. The largest absolute Gasteiger partial charge is 0.416 e. The molecule has 1 fully saturated rings. The van der Waals surface area contributed by atoms with Crippen molar-refractivity contribution in [3.05, 3.63) is 35.4 Å². The topological polar surface area (TPSA) is 15.7 Å². The Bertz CT molecular complexity index is 428. The van der Waals surface area contributed by atoms with Crippen LogP contribution in [0.4, 0.5) is 13.2 Å². The van der Waals surface area contributed by atoms with Crippen LogP contribution in [-0.4, -0.2) is 56.2 Å². The van der Waals surface area contributed by atoms with Crippen LogP contribution in [0.25, 0.3) is 0 Å². The standard InChI is InChI=1S/C15H21F3N2O/c1-19(6-7-20-8-10-21-11-9-20)12-13-2-4-14(5-3-13)15(16,17)18/h2-5H,6-12H2,1H3. The van der Waals surface area contributed by atoms with E-state index in [1.54, 1.807) is 12.1 Å². The predicted octanol–water partition coefficient (Wildman–Crippen LogP) is 2.47. The molecular formula is C15H21F3N2O. The molecule has 118 valence electrons. The van der Waals surface area contributed by atoms with Gasteiger partial charge >= 0.3 is 6.18 Å². The molecule has 1 aliphatic heterocycles. The zero-order chi connectivity index (χ0) is 15.3. The SMILES string of the molecule is CN(CCN1CCOCC1)Cc1ccc(C(F)(F)F)cc1. The van der Waals surface area contributed by atoms with E-state index in [2.05, 4.69) is 9.80 Å². The number of halogens is 3. The molecule has 0 bridgehead atoms. The number of morpholine rings is 1. The summed E-state index contributed by atoms with van der Waals surface area (Å²) in [6, 6.07) is 5.39. The van der Waals surface area contributed by atoms with Gasteiger partial charge in [0.1, 0.15) is 0 Å². The monoisotopic (exact) mass is 302 g/mol. The molecule has 1 aromatic carbocycles. The first kappa shape index (κ1) is 16.3. The second-order valence-corrected chi connectivity index (χ2v) is 5.39. The first-order valence-corrected chi connectivity index (χ1v) is 7.10. The van der Waals surface area contributed by atoms with E-state index in [1.807, 2.05) is 7.05 Å². The number of ether oxygens (including phenoxy) is 1. The summed E-state index contributed by atoms with van der Waals surface area (Å²) >= 11 is 0. The lowest BCUT2D eigenvalue weighted by molar-refractivity contribution is -0.137. The Morgan fingerprint density at radius 2 is 1.76 bits per heavy atom. The average Bonchev–Trinajstić information content (AvgIpc) is 2.46. The molecule has 21 heavy (non-hydrogen) atoms. The molecule has 2 rings (SSSR count). The maximum Gasteiger partial charge on any atom is 0.416 e. The summed E-state index contributed by atoms with van der Waals surface area (Å²) in [5.74, 6) is 0. The highest BCUT2D eigenvalue weighted by Crippen LogP contribution is 2.29. The van der Waals surface area contributed by atoms with Gasteiger partial charge in [0.05, 0.1) is 18.8 Å². The van der Waals surface area contributed by atoms with Crippen molar-refractivity contribution in [2.45, 2.75) is 12.7 Å². The number of hydrogen-bond donors (Lipinski definition) is 0. The van der Waals surface area contributed by atoms with Gasteiger partial charge in [-0.15, -0.1) is 0 Å². The van der Waals surface area contributed by atoms with Gasteiger partial charge in [-0.25, -0.2) is 0 Å². The summed E-state index contributed by atoms with van der Waals surface area (Å²) in [7, 11) is 1.98. The van der Waals surface area contributed by atoms with E-state index in [0.717, 1.165) is 57.1 Å². The zero-order valence-corrected chi connectivity index (χ0v) is 12.2. The molecule has 0 N–H and O–H groups in total. The minimum absolute atomic E-state index is 0.595. The Hall–Kier alpha value is -1.11. The summed E-state index contributed by atoms with van der Waals surface area (Å²) in [5, 5.41) is 0. The first-order valence-electron chi connectivity index (χ1n) is 7.10. The van der Waals surface area contributed by atoms with E-state index in [-0.39, 0.29) is 0 Å². The van der Waals surface area contributed by atoms with Crippen LogP contribution < -0.4 is 0 Å². The lowest BCUT2D eigenvalue weighted by Crippen LogP contribution is -2.40. The van der Waals surface area contributed by atoms with Crippen molar-refractivity contribution in [3.8, 4) is 0 Å². The number of rotatable bonds is 5. The van der Waals surface area contributed by atoms with Crippen LogP contribution in [0.2, 0.25) is 0 Å². The molecule has 6 heteroatoms. The van der Waals surface area contributed by atoms with E-state index < -0.39 is 11.7 Å². The minimum Gasteiger partial charge on any atom is -0.379 e. The second kappa shape index (κ2) is 7.24. The van der Waals surface area contributed by atoms with Crippen LogP contribution in [0, 0.1) is 0 Å². The average molecular weight is 302 g/mol. The molecule has 0 saturated carbocycles. The number of benzene rings is 1. The lowest BCUT2D eigenvalue weighted by atomic mass is 10.1. The van der Waals surface area contributed by atoms with E-state index in [0.29, 0.717) is 6.54 Å². The van der Waals surface area contributed by atoms with Gasteiger partial charge in [-0.3, -0.25) is 4.90 Å². The van der Waals surface area contributed by atoms with Gasteiger partial charge in [-0.2, -0.15) is 13.2 Å². The van der Waals surface area contributed by atoms with E-state index >= 15 is 0 Å². The first-order chi connectivity index (χ1) is 9.95. The van der Waals surface area contributed by atoms with Crippen molar-refractivity contribution in [2.24, 2.45) is 0 Å². The van der Waals surface area contributed by atoms with Crippen molar-refractivity contribution in [1.29, 1.82) is 0 Å². The zero-order valence-electron chi connectivity index (χ0n) is 12.2. The summed E-state index contributed by atoms with van der Waals surface area (Å²) in [4.78, 5) is 4.46. The summed E-state index contributed by atoms with van der Waals surface area (Å²) in [6.45, 7) is 5.97. The van der Waals surface area contributed by atoms with Crippen LogP contribution >= 0.6 is 0 Å². The molecule has 0 amide bonds. The fourth-order valence-electron chi connectivity index (χ4n) is 2.33. The van der Waals surface area contributed by atoms with Crippen molar-refractivity contribution >= 4 is 0 Å². The normalized spacial score (nSPS) is 17.4. The molecule has 1 aromatic rings. The molecule has 0 atom stereocenters. The van der Waals surface area contributed by atoms with Gasteiger partial charge in [-0.05, 0) is 24.7 Å². The van der Waals surface area contributed by atoms with Crippen molar-refractivity contribution in [2.75, 3.05) is 46.4 Å². The Morgan fingerprint density at radius 3 is 2.33 bits per heavy atom. The van der Waals surface area contributed by atoms with Gasteiger partial charge in [0, 0.05) is 32.7 Å². The fourth-order valence-corrected chi connectivity index (χ4v) is 2.33. The summed E-state index contributed by atoms with van der Waals surface area (Å²) in [5.41, 5.74) is 0.301.